The SMILES string of the molecule is [2H]c1c(Nc2nc(=O)n(Cc3ccon3)c(=O)n2Cc2cc(F)c(F)cc2F)c(Cl)c([2H])c2nn(C)cc12. The van der Waals surface area contributed by atoms with E-state index in [1.165, 1.54) is 23.2 Å². The summed E-state index contributed by atoms with van der Waals surface area (Å²) in [5, 5.41) is 10.4. The fraction of sp³-hybridized carbons (Fsp3) is 0.136. The second kappa shape index (κ2) is 9.00. The van der Waals surface area contributed by atoms with Crippen LogP contribution in [0.3, 0.4) is 0 Å². The van der Waals surface area contributed by atoms with Crippen molar-refractivity contribution in [1.29, 1.82) is 0 Å². The van der Waals surface area contributed by atoms with E-state index in [0.717, 1.165) is 4.57 Å². The zero-order chi connectivity index (χ0) is 27.3. The van der Waals surface area contributed by atoms with Crippen molar-refractivity contribution in [2.75, 3.05) is 5.32 Å². The van der Waals surface area contributed by atoms with Crippen molar-refractivity contribution in [2.24, 2.45) is 7.05 Å². The highest BCUT2D eigenvalue weighted by Gasteiger charge is 2.19. The van der Waals surface area contributed by atoms with Gasteiger partial charge in [0.25, 0.3) is 0 Å². The van der Waals surface area contributed by atoms with Crippen molar-refractivity contribution in [3.63, 3.8) is 0 Å². The maximum Gasteiger partial charge on any atom is 0.355 e. The van der Waals surface area contributed by atoms with Gasteiger partial charge in [-0.1, -0.05) is 16.8 Å². The number of nitrogens with one attached hydrogen (secondary N) is 1. The summed E-state index contributed by atoms with van der Waals surface area (Å²) < 4.78 is 66.3. The Labute approximate surface area is 207 Å². The Bertz CT molecular complexity index is 1840. The Balaban J connectivity index is 1.70. The van der Waals surface area contributed by atoms with Gasteiger partial charge in [-0.3, -0.25) is 9.25 Å². The average molecular weight is 520 g/mol. The lowest BCUT2D eigenvalue weighted by atomic mass is 10.2. The van der Waals surface area contributed by atoms with Gasteiger partial charge in [0, 0.05) is 36.3 Å². The second-order valence-electron chi connectivity index (χ2n) is 7.65. The summed E-state index contributed by atoms with van der Waals surface area (Å²) in [6, 6.07) is 1.84. The van der Waals surface area contributed by atoms with Gasteiger partial charge in [-0.15, -0.1) is 0 Å². The van der Waals surface area contributed by atoms with Crippen molar-refractivity contribution in [3.8, 4) is 0 Å². The molecule has 1 N–H and O–H groups in total. The van der Waals surface area contributed by atoms with Crippen LogP contribution < -0.4 is 16.7 Å². The van der Waals surface area contributed by atoms with Crippen LogP contribution in [0.4, 0.5) is 24.8 Å². The first-order valence-electron chi connectivity index (χ1n) is 11.2. The fourth-order valence-electron chi connectivity index (χ4n) is 3.47. The Morgan fingerprint density at radius 3 is 2.64 bits per heavy atom. The molecule has 0 amide bonds. The minimum Gasteiger partial charge on any atom is -0.364 e. The molecule has 0 saturated heterocycles. The van der Waals surface area contributed by atoms with Crippen LogP contribution in [-0.2, 0) is 20.1 Å². The van der Waals surface area contributed by atoms with Crippen LogP contribution in [0.25, 0.3) is 10.9 Å². The molecule has 14 heteroatoms. The summed E-state index contributed by atoms with van der Waals surface area (Å²) in [5.41, 5.74) is -2.32. The number of aryl methyl sites for hydroxylation is 1. The van der Waals surface area contributed by atoms with E-state index >= 15 is 0 Å². The molecule has 0 aliphatic heterocycles. The van der Waals surface area contributed by atoms with Gasteiger partial charge in [0.15, 0.2) is 11.6 Å². The van der Waals surface area contributed by atoms with Gasteiger partial charge in [0.2, 0.25) is 5.95 Å². The summed E-state index contributed by atoms with van der Waals surface area (Å²) in [6.07, 6.45) is 2.70. The van der Waals surface area contributed by atoms with Crippen molar-refractivity contribution < 1.29 is 20.4 Å². The van der Waals surface area contributed by atoms with Crippen LogP contribution in [0.5, 0.6) is 0 Å². The van der Waals surface area contributed by atoms with Gasteiger partial charge in [0.1, 0.15) is 17.8 Å². The molecule has 2 aromatic carbocycles. The maximum atomic E-state index is 14.5. The number of aromatic nitrogens is 6. The normalized spacial score (nSPS) is 12.1. The lowest BCUT2D eigenvalue weighted by Crippen LogP contribution is -2.43. The number of nitrogens with zero attached hydrogens (tertiary/aromatic N) is 6. The zero-order valence-electron chi connectivity index (χ0n) is 20.2. The molecule has 36 heavy (non-hydrogen) atoms. The van der Waals surface area contributed by atoms with Crippen LogP contribution in [-0.4, -0.2) is 29.1 Å². The van der Waals surface area contributed by atoms with Crippen LogP contribution in [0, 0.1) is 17.5 Å². The minimum atomic E-state index is -1.43. The first kappa shape index (κ1) is 20.9. The number of hydrogen-bond donors (Lipinski definition) is 1. The molecule has 0 aliphatic rings. The quantitative estimate of drug-likeness (QED) is 0.343. The lowest BCUT2D eigenvalue weighted by molar-refractivity contribution is 0.407. The van der Waals surface area contributed by atoms with Crippen LogP contribution in [0.1, 0.15) is 14.0 Å². The molecule has 0 aliphatic carbocycles. The number of halogens is 4. The molecule has 0 saturated carbocycles. The van der Waals surface area contributed by atoms with E-state index < -0.39 is 46.9 Å². The Kier molecular flexibility index (Phi) is 5.23. The molecule has 0 radical (unpaired) electrons. The zero-order valence-corrected chi connectivity index (χ0v) is 19.0. The molecule has 3 heterocycles. The summed E-state index contributed by atoms with van der Waals surface area (Å²) in [6.45, 7) is -1.05. The third-order valence-corrected chi connectivity index (χ3v) is 5.44. The number of fused-ring (bicyclic) bond motifs is 1. The maximum absolute atomic E-state index is 14.5. The third-order valence-electron chi connectivity index (χ3n) is 5.15. The summed E-state index contributed by atoms with van der Waals surface area (Å²) in [7, 11) is 1.59. The van der Waals surface area contributed by atoms with Gasteiger partial charge in [0.05, 0.1) is 32.1 Å². The minimum absolute atomic E-state index is 0.144. The van der Waals surface area contributed by atoms with Gasteiger partial charge in [-0.25, -0.2) is 27.3 Å². The monoisotopic (exact) mass is 519 g/mol. The molecule has 3 aromatic heterocycles. The number of rotatable bonds is 6. The molecule has 5 aromatic rings. The van der Waals surface area contributed by atoms with E-state index in [2.05, 4.69) is 20.6 Å². The number of hydrogen-bond acceptors (Lipinski definition) is 7. The lowest BCUT2D eigenvalue weighted by Gasteiger charge is -2.16. The highest BCUT2D eigenvalue weighted by molar-refractivity contribution is 6.34. The first-order valence-corrected chi connectivity index (χ1v) is 10.6. The predicted molar refractivity (Wildman–Crippen MR) is 123 cm³/mol. The summed E-state index contributed by atoms with van der Waals surface area (Å²) >= 11 is 6.33. The number of benzene rings is 2. The van der Waals surface area contributed by atoms with Crippen LogP contribution in [0.15, 0.2) is 56.9 Å². The topological polar surface area (TPSA) is 113 Å². The van der Waals surface area contributed by atoms with Crippen molar-refractivity contribution in [2.45, 2.75) is 13.1 Å². The van der Waals surface area contributed by atoms with E-state index in [1.54, 1.807) is 7.05 Å². The van der Waals surface area contributed by atoms with E-state index in [1.807, 2.05) is 0 Å². The van der Waals surface area contributed by atoms with Crippen molar-refractivity contribution in [1.82, 2.24) is 29.1 Å². The smallest absolute Gasteiger partial charge is 0.355 e. The van der Waals surface area contributed by atoms with Gasteiger partial charge >= 0.3 is 11.4 Å². The van der Waals surface area contributed by atoms with E-state index in [4.69, 9.17) is 18.9 Å². The Hall–Kier alpha value is -4.39. The average Bonchev–Trinajstić information content (AvgIpc) is 3.53. The Morgan fingerprint density at radius 1 is 1.11 bits per heavy atom. The van der Waals surface area contributed by atoms with E-state index in [9.17, 15) is 22.8 Å². The van der Waals surface area contributed by atoms with E-state index in [-0.39, 0.29) is 45.9 Å². The fourth-order valence-corrected chi connectivity index (χ4v) is 3.65. The summed E-state index contributed by atoms with van der Waals surface area (Å²) in [4.78, 5) is 30.1. The highest BCUT2D eigenvalue weighted by Crippen LogP contribution is 2.29. The molecule has 0 unspecified atom stereocenters. The van der Waals surface area contributed by atoms with Gasteiger partial charge in [-0.2, -0.15) is 10.1 Å². The molecule has 0 spiro atoms. The predicted octanol–water partition coefficient (Wildman–Crippen LogP) is 3.19. The third kappa shape index (κ3) is 4.35. The molecule has 0 bridgehead atoms. The van der Waals surface area contributed by atoms with Crippen LogP contribution >= 0.6 is 11.6 Å². The molecule has 0 fully saturated rings. The van der Waals surface area contributed by atoms with Crippen LogP contribution in [0.2, 0.25) is 5.02 Å². The Morgan fingerprint density at radius 2 is 1.89 bits per heavy atom. The summed E-state index contributed by atoms with van der Waals surface area (Å²) in [5.74, 6) is -4.42. The largest absolute Gasteiger partial charge is 0.364 e. The van der Waals surface area contributed by atoms with Gasteiger partial charge in [-0.05, 0) is 18.2 Å². The molecule has 0 atom stereocenters. The number of anilines is 2. The first-order chi connectivity index (χ1) is 18.0. The highest BCUT2D eigenvalue weighted by atomic mass is 35.5. The molecular weight excluding hydrogens is 503 g/mol. The van der Waals surface area contributed by atoms with E-state index in [0.29, 0.717) is 16.7 Å². The second-order valence-corrected chi connectivity index (χ2v) is 8.03. The van der Waals surface area contributed by atoms with Crippen molar-refractivity contribution in [3.05, 3.63) is 97.4 Å². The molecule has 10 nitrogen and oxygen atoms in total. The molecular formula is C22H15ClF3N7O3. The molecule has 184 valence electrons. The van der Waals surface area contributed by atoms with Crippen molar-refractivity contribution >= 4 is 34.1 Å². The standard InChI is InChI=1S/C22H15ClF3N7O3/c1-31-8-12-5-19(14(23)6-18(12)29-31)27-20-28-21(34)33(10-13-2-3-36-30-13)22(35)32(20)9-11-4-16(25)17(26)7-15(11)24/h2-8H,9-10H2,1H3,(H,27,28,34)/i5D,6D. The molecule has 5 rings (SSSR count). The van der Waals surface area contributed by atoms with Gasteiger partial charge < -0.3 is 9.84 Å².